The van der Waals surface area contributed by atoms with Gasteiger partial charge in [0.2, 0.25) is 11.0 Å². The molecule has 114 valence electrons. The molecule has 1 aromatic carbocycles. The molecule has 0 saturated carbocycles. The van der Waals surface area contributed by atoms with Crippen LogP contribution in [0, 0.1) is 19.8 Å². The average Bonchev–Trinajstić information content (AvgIpc) is 2.85. The molecule has 1 aromatic heterocycles. The van der Waals surface area contributed by atoms with E-state index in [1.165, 1.54) is 22.5 Å². The highest BCUT2D eigenvalue weighted by molar-refractivity contribution is 7.18. The van der Waals surface area contributed by atoms with E-state index in [2.05, 4.69) is 33.7 Å². The van der Waals surface area contributed by atoms with E-state index >= 15 is 0 Å². The van der Waals surface area contributed by atoms with E-state index in [-0.39, 0.29) is 24.2 Å². The number of anilines is 1. The van der Waals surface area contributed by atoms with E-state index in [9.17, 15) is 4.79 Å². The Morgan fingerprint density at radius 3 is 2.48 bits per heavy atom. The minimum Gasteiger partial charge on any atom is -0.330 e. The predicted molar refractivity (Wildman–Crippen MR) is 88.9 cm³/mol. The maximum atomic E-state index is 11.7. The van der Waals surface area contributed by atoms with Gasteiger partial charge in [0.05, 0.1) is 0 Å². The van der Waals surface area contributed by atoms with Gasteiger partial charge in [0.1, 0.15) is 5.01 Å². The summed E-state index contributed by atoms with van der Waals surface area (Å²) in [5.74, 6) is -0.362. The van der Waals surface area contributed by atoms with Crippen molar-refractivity contribution in [3.05, 3.63) is 29.3 Å². The van der Waals surface area contributed by atoms with Crippen molar-refractivity contribution in [3.8, 4) is 10.6 Å². The third-order valence-electron chi connectivity index (χ3n) is 2.92. The van der Waals surface area contributed by atoms with E-state index in [1.807, 2.05) is 13.8 Å². The second kappa shape index (κ2) is 7.49. The fourth-order valence-electron chi connectivity index (χ4n) is 1.82. The van der Waals surface area contributed by atoms with Crippen LogP contribution in [0.3, 0.4) is 0 Å². The number of nitrogens with one attached hydrogen (secondary N) is 1. The van der Waals surface area contributed by atoms with Crippen molar-refractivity contribution >= 4 is 34.8 Å². The highest BCUT2D eigenvalue weighted by atomic mass is 35.5. The number of nitrogens with two attached hydrogens (primary N) is 1. The smallest absolute Gasteiger partial charge is 0.230 e. The number of carbonyl (C=O) groups excluding carboxylic acids is 1. The monoisotopic (exact) mass is 326 g/mol. The second-order valence-electron chi connectivity index (χ2n) is 4.91. The minimum atomic E-state index is -0.233. The Morgan fingerprint density at radius 1 is 1.29 bits per heavy atom. The van der Waals surface area contributed by atoms with Crippen molar-refractivity contribution in [2.45, 2.75) is 20.8 Å². The van der Waals surface area contributed by atoms with Gasteiger partial charge in [-0.05, 0) is 26.0 Å². The Morgan fingerprint density at radius 2 is 1.90 bits per heavy atom. The molecule has 1 amide bonds. The fraction of sp³-hybridized carbons (Fsp3) is 0.357. The molecule has 1 heterocycles. The van der Waals surface area contributed by atoms with Crippen molar-refractivity contribution in [3.63, 3.8) is 0 Å². The first-order valence-corrected chi connectivity index (χ1v) is 7.24. The fourth-order valence-corrected chi connectivity index (χ4v) is 2.56. The second-order valence-corrected chi connectivity index (χ2v) is 5.89. The maximum absolute atomic E-state index is 11.7. The lowest BCUT2D eigenvalue weighted by atomic mass is 10.1. The molecule has 7 heteroatoms. The van der Waals surface area contributed by atoms with Gasteiger partial charge in [-0.25, -0.2) is 0 Å². The number of hydrogen-bond donors (Lipinski definition) is 2. The van der Waals surface area contributed by atoms with Crippen molar-refractivity contribution in [2.24, 2.45) is 11.7 Å². The zero-order chi connectivity index (χ0) is 14.7. The van der Waals surface area contributed by atoms with Gasteiger partial charge in [-0.1, -0.05) is 35.5 Å². The van der Waals surface area contributed by atoms with Crippen molar-refractivity contribution < 1.29 is 4.79 Å². The van der Waals surface area contributed by atoms with E-state index in [0.29, 0.717) is 11.7 Å². The third-order valence-corrected chi connectivity index (χ3v) is 3.81. The SMILES string of the molecule is Cc1cc(C)cc(-c2nnc(NC(=O)C(C)CN)s2)c1.Cl. The number of hydrogen-bond acceptors (Lipinski definition) is 5. The number of aryl methyl sites for hydroxylation is 2. The van der Waals surface area contributed by atoms with E-state index in [0.717, 1.165) is 10.6 Å². The largest absolute Gasteiger partial charge is 0.330 e. The third kappa shape index (κ3) is 4.49. The standard InChI is InChI=1S/C14H18N4OS.ClH/c1-8-4-9(2)6-11(5-8)13-17-18-14(20-13)16-12(19)10(3)7-15;/h4-6,10H,7,15H2,1-3H3,(H,16,18,19);1H. The van der Waals surface area contributed by atoms with Crippen LogP contribution < -0.4 is 11.1 Å². The molecule has 0 spiro atoms. The Balaban J connectivity index is 0.00000220. The van der Waals surface area contributed by atoms with Gasteiger partial charge in [-0.2, -0.15) is 0 Å². The van der Waals surface area contributed by atoms with Crippen LogP contribution in [0.25, 0.3) is 10.6 Å². The molecule has 3 N–H and O–H groups in total. The maximum Gasteiger partial charge on any atom is 0.230 e. The lowest BCUT2D eigenvalue weighted by molar-refractivity contribution is -0.119. The molecule has 0 bridgehead atoms. The zero-order valence-electron chi connectivity index (χ0n) is 12.2. The van der Waals surface area contributed by atoms with Crippen LogP contribution in [-0.4, -0.2) is 22.6 Å². The summed E-state index contributed by atoms with van der Waals surface area (Å²) in [4.78, 5) is 11.7. The number of amides is 1. The van der Waals surface area contributed by atoms with Crippen molar-refractivity contribution in [2.75, 3.05) is 11.9 Å². The quantitative estimate of drug-likeness (QED) is 0.905. The Bertz CT molecular complexity index is 609. The highest BCUT2D eigenvalue weighted by Crippen LogP contribution is 2.28. The van der Waals surface area contributed by atoms with Crippen LogP contribution in [0.5, 0.6) is 0 Å². The van der Waals surface area contributed by atoms with Crippen molar-refractivity contribution in [1.82, 2.24) is 10.2 Å². The summed E-state index contributed by atoms with van der Waals surface area (Å²) < 4.78 is 0. The van der Waals surface area contributed by atoms with E-state index < -0.39 is 0 Å². The molecule has 21 heavy (non-hydrogen) atoms. The molecule has 2 rings (SSSR count). The topological polar surface area (TPSA) is 80.9 Å². The summed E-state index contributed by atoms with van der Waals surface area (Å²) >= 11 is 1.36. The van der Waals surface area contributed by atoms with Crippen LogP contribution in [-0.2, 0) is 4.79 Å². The van der Waals surface area contributed by atoms with E-state index in [1.54, 1.807) is 6.92 Å². The number of carbonyl (C=O) groups is 1. The Hall–Kier alpha value is -1.50. The van der Waals surface area contributed by atoms with E-state index in [4.69, 9.17) is 5.73 Å². The molecular weight excluding hydrogens is 308 g/mol. The van der Waals surface area contributed by atoms with Gasteiger partial charge < -0.3 is 11.1 Å². The van der Waals surface area contributed by atoms with Gasteiger partial charge in [0.15, 0.2) is 0 Å². The molecule has 1 atom stereocenters. The molecular formula is C14H19ClN4OS. The molecule has 5 nitrogen and oxygen atoms in total. The number of rotatable bonds is 4. The van der Waals surface area contributed by atoms with Crippen molar-refractivity contribution in [1.29, 1.82) is 0 Å². The van der Waals surface area contributed by atoms with Gasteiger partial charge >= 0.3 is 0 Å². The summed E-state index contributed by atoms with van der Waals surface area (Å²) in [6.07, 6.45) is 0. The number of nitrogens with zero attached hydrogens (tertiary/aromatic N) is 2. The van der Waals surface area contributed by atoms with Crippen LogP contribution >= 0.6 is 23.7 Å². The van der Waals surface area contributed by atoms with Gasteiger partial charge in [0.25, 0.3) is 0 Å². The molecule has 0 fully saturated rings. The molecule has 0 radical (unpaired) electrons. The van der Waals surface area contributed by atoms with Gasteiger partial charge in [0, 0.05) is 18.0 Å². The summed E-state index contributed by atoms with van der Waals surface area (Å²) in [5, 5.41) is 12.2. The molecule has 0 saturated heterocycles. The lowest BCUT2D eigenvalue weighted by Gasteiger charge is -2.06. The van der Waals surface area contributed by atoms with Crippen LogP contribution in [0.4, 0.5) is 5.13 Å². The first-order valence-electron chi connectivity index (χ1n) is 6.42. The molecule has 1 unspecified atom stereocenters. The molecule has 0 aliphatic heterocycles. The highest BCUT2D eigenvalue weighted by Gasteiger charge is 2.14. The summed E-state index contributed by atoms with van der Waals surface area (Å²) in [6, 6.07) is 6.22. The van der Waals surface area contributed by atoms with Gasteiger partial charge in [-0.3, -0.25) is 4.79 Å². The predicted octanol–water partition coefficient (Wildman–Crippen LogP) is 2.78. The lowest BCUT2D eigenvalue weighted by Crippen LogP contribution is -2.26. The van der Waals surface area contributed by atoms with Crippen LogP contribution in [0.2, 0.25) is 0 Å². The average molecular weight is 327 g/mol. The Labute approximate surface area is 134 Å². The molecule has 0 aliphatic rings. The normalized spacial score (nSPS) is 11.6. The summed E-state index contributed by atoms with van der Waals surface area (Å²) in [7, 11) is 0. The van der Waals surface area contributed by atoms with Crippen LogP contribution in [0.15, 0.2) is 18.2 Å². The first-order chi connectivity index (χ1) is 9.49. The van der Waals surface area contributed by atoms with Crippen LogP contribution in [0.1, 0.15) is 18.1 Å². The molecule has 2 aromatic rings. The zero-order valence-corrected chi connectivity index (χ0v) is 13.8. The number of benzene rings is 1. The number of halogens is 1. The summed E-state index contributed by atoms with van der Waals surface area (Å²) in [5.41, 5.74) is 8.84. The summed E-state index contributed by atoms with van der Waals surface area (Å²) in [6.45, 7) is 6.18. The molecule has 0 aliphatic carbocycles. The Kier molecular flexibility index (Phi) is 6.26. The van der Waals surface area contributed by atoms with Gasteiger partial charge in [-0.15, -0.1) is 22.6 Å². The minimum absolute atomic E-state index is 0. The number of aromatic nitrogens is 2. The first kappa shape index (κ1) is 17.6.